The first-order chi connectivity index (χ1) is 9.65. The maximum absolute atomic E-state index is 11.4. The topological polar surface area (TPSA) is 55.8 Å². The molecule has 0 unspecified atom stereocenters. The number of hydrogen-bond acceptors (Lipinski definition) is 4. The number of carbonyl (C=O) groups is 1. The van der Waals surface area contributed by atoms with Gasteiger partial charge >= 0.3 is 5.97 Å². The molecule has 0 spiro atoms. The summed E-state index contributed by atoms with van der Waals surface area (Å²) in [7, 11) is 3.06. The molecule has 4 nitrogen and oxygen atoms in total. The zero-order chi connectivity index (χ0) is 14.5. The van der Waals surface area contributed by atoms with Gasteiger partial charge in [-0.2, -0.15) is 0 Å². The summed E-state index contributed by atoms with van der Waals surface area (Å²) >= 11 is 1.49. The van der Waals surface area contributed by atoms with Crippen molar-refractivity contribution in [2.75, 3.05) is 14.2 Å². The number of hydrogen-bond donors (Lipinski definition) is 1. The summed E-state index contributed by atoms with van der Waals surface area (Å²) in [5, 5.41) is 11.3. The van der Waals surface area contributed by atoms with Crippen LogP contribution in [0.1, 0.15) is 10.4 Å². The lowest BCUT2D eigenvalue weighted by Gasteiger charge is -2.10. The van der Waals surface area contributed by atoms with Crippen molar-refractivity contribution in [2.24, 2.45) is 0 Å². The van der Waals surface area contributed by atoms with Crippen LogP contribution in [-0.2, 0) is 4.79 Å². The summed E-state index contributed by atoms with van der Waals surface area (Å²) in [6, 6.07) is 8.81. The van der Waals surface area contributed by atoms with Crippen LogP contribution < -0.4 is 9.47 Å². The highest BCUT2D eigenvalue weighted by molar-refractivity contribution is 7.10. The Bertz CT molecular complexity index is 629. The SMILES string of the molecule is COc1ccc(/C(=C\c2cccs2)C(=O)O)cc1OC. The molecule has 2 rings (SSSR count). The zero-order valence-corrected chi connectivity index (χ0v) is 11.9. The molecule has 0 aliphatic heterocycles. The lowest BCUT2D eigenvalue weighted by atomic mass is 10.0. The largest absolute Gasteiger partial charge is 0.493 e. The Balaban J connectivity index is 2.48. The van der Waals surface area contributed by atoms with Crippen molar-refractivity contribution in [2.45, 2.75) is 0 Å². The Morgan fingerprint density at radius 2 is 1.95 bits per heavy atom. The Morgan fingerprint density at radius 1 is 1.20 bits per heavy atom. The van der Waals surface area contributed by atoms with Gasteiger partial charge in [0.15, 0.2) is 11.5 Å². The number of benzene rings is 1. The minimum absolute atomic E-state index is 0.216. The second kappa shape index (κ2) is 6.25. The number of aliphatic carboxylic acids is 1. The van der Waals surface area contributed by atoms with Crippen LogP contribution in [0.4, 0.5) is 0 Å². The lowest BCUT2D eigenvalue weighted by molar-refractivity contribution is -0.130. The van der Waals surface area contributed by atoms with E-state index in [1.807, 2.05) is 17.5 Å². The van der Waals surface area contributed by atoms with Gasteiger partial charge in [-0.3, -0.25) is 0 Å². The van der Waals surface area contributed by atoms with Crippen LogP contribution in [0.3, 0.4) is 0 Å². The summed E-state index contributed by atoms with van der Waals surface area (Å²) < 4.78 is 10.3. The molecule has 1 aromatic heterocycles. The molecule has 1 aromatic carbocycles. The summed E-state index contributed by atoms with van der Waals surface area (Å²) in [6.07, 6.45) is 1.65. The second-order valence-corrected chi connectivity index (χ2v) is 4.93. The van der Waals surface area contributed by atoms with Gasteiger partial charge in [0.05, 0.1) is 19.8 Å². The molecule has 1 heterocycles. The van der Waals surface area contributed by atoms with E-state index in [0.717, 1.165) is 4.88 Å². The molecule has 5 heteroatoms. The second-order valence-electron chi connectivity index (χ2n) is 3.95. The van der Waals surface area contributed by atoms with Crippen molar-refractivity contribution >= 4 is 29.0 Å². The maximum Gasteiger partial charge on any atom is 0.336 e. The molecule has 0 saturated heterocycles. The molecule has 0 bridgehead atoms. The summed E-state index contributed by atoms with van der Waals surface area (Å²) in [6.45, 7) is 0. The standard InChI is InChI=1S/C15H14O4S/c1-18-13-6-5-10(8-14(13)19-2)12(15(16)17)9-11-4-3-7-20-11/h3-9H,1-2H3,(H,16,17)/b12-9+. The minimum atomic E-state index is -0.981. The fourth-order valence-corrected chi connectivity index (χ4v) is 2.45. The van der Waals surface area contributed by atoms with E-state index < -0.39 is 5.97 Å². The first kappa shape index (κ1) is 14.1. The van der Waals surface area contributed by atoms with E-state index >= 15 is 0 Å². The van der Waals surface area contributed by atoms with Crippen molar-refractivity contribution in [3.63, 3.8) is 0 Å². The summed E-state index contributed by atoms with van der Waals surface area (Å²) in [5.74, 6) is 0.0889. The predicted molar refractivity (Wildman–Crippen MR) is 79.4 cm³/mol. The molecule has 0 aliphatic carbocycles. The van der Waals surface area contributed by atoms with Gasteiger partial charge in [-0.05, 0) is 35.2 Å². The van der Waals surface area contributed by atoms with Gasteiger partial charge in [-0.1, -0.05) is 12.1 Å². The maximum atomic E-state index is 11.4. The van der Waals surface area contributed by atoms with Crippen LogP contribution in [0.2, 0.25) is 0 Å². The van der Waals surface area contributed by atoms with E-state index in [2.05, 4.69) is 0 Å². The lowest BCUT2D eigenvalue weighted by Crippen LogP contribution is -2.00. The highest BCUT2D eigenvalue weighted by Crippen LogP contribution is 2.31. The molecule has 0 saturated carbocycles. The van der Waals surface area contributed by atoms with Gasteiger partial charge in [0.1, 0.15) is 0 Å². The van der Waals surface area contributed by atoms with E-state index in [4.69, 9.17) is 9.47 Å². The zero-order valence-electron chi connectivity index (χ0n) is 11.1. The molecule has 20 heavy (non-hydrogen) atoms. The normalized spacial score (nSPS) is 11.2. The summed E-state index contributed by atoms with van der Waals surface area (Å²) in [4.78, 5) is 12.3. The number of carboxylic acid groups (broad SMARTS) is 1. The van der Waals surface area contributed by atoms with E-state index in [0.29, 0.717) is 17.1 Å². The first-order valence-electron chi connectivity index (χ1n) is 5.86. The van der Waals surface area contributed by atoms with Crippen LogP contribution >= 0.6 is 11.3 Å². The Morgan fingerprint density at radius 3 is 2.50 bits per heavy atom. The van der Waals surface area contributed by atoms with Gasteiger partial charge in [-0.15, -0.1) is 11.3 Å². The fraction of sp³-hybridized carbons (Fsp3) is 0.133. The molecular formula is C15H14O4S. The molecule has 0 fully saturated rings. The molecule has 104 valence electrons. The molecule has 0 radical (unpaired) electrons. The van der Waals surface area contributed by atoms with Crippen LogP contribution in [0.25, 0.3) is 11.6 Å². The number of carboxylic acids is 1. The highest BCUT2D eigenvalue weighted by Gasteiger charge is 2.14. The Kier molecular flexibility index (Phi) is 4.42. The molecule has 0 amide bonds. The third-order valence-electron chi connectivity index (χ3n) is 2.75. The van der Waals surface area contributed by atoms with E-state index in [-0.39, 0.29) is 5.57 Å². The quantitative estimate of drug-likeness (QED) is 0.858. The molecule has 0 atom stereocenters. The Hall–Kier alpha value is -2.27. The number of methoxy groups -OCH3 is 2. The third-order valence-corrected chi connectivity index (χ3v) is 3.57. The van der Waals surface area contributed by atoms with Crippen LogP contribution in [0, 0.1) is 0 Å². The van der Waals surface area contributed by atoms with Crippen molar-refractivity contribution in [1.29, 1.82) is 0 Å². The smallest absolute Gasteiger partial charge is 0.336 e. The Labute approximate surface area is 120 Å². The monoisotopic (exact) mass is 290 g/mol. The average Bonchev–Trinajstić information content (AvgIpc) is 2.96. The average molecular weight is 290 g/mol. The van der Waals surface area contributed by atoms with E-state index in [9.17, 15) is 9.90 Å². The van der Waals surface area contributed by atoms with Gasteiger partial charge in [0.25, 0.3) is 0 Å². The van der Waals surface area contributed by atoms with Crippen LogP contribution in [0.15, 0.2) is 35.7 Å². The van der Waals surface area contributed by atoms with Gasteiger partial charge in [0, 0.05) is 4.88 Å². The van der Waals surface area contributed by atoms with Crippen molar-refractivity contribution < 1.29 is 19.4 Å². The van der Waals surface area contributed by atoms with Crippen LogP contribution in [-0.4, -0.2) is 25.3 Å². The fourth-order valence-electron chi connectivity index (χ4n) is 1.79. The minimum Gasteiger partial charge on any atom is -0.493 e. The number of thiophene rings is 1. The highest BCUT2D eigenvalue weighted by atomic mass is 32.1. The van der Waals surface area contributed by atoms with E-state index in [1.54, 1.807) is 24.3 Å². The van der Waals surface area contributed by atoms with Gasteiger partial charge in [-0.25, -0.2) is 4.79 Å². The van der Waals surface area contributed by atoms with Crippen LogP contribution in [0.5, 0.6) is 11.5 Å². The van der Waals surface area contributed by atoms with Gasteiger partial charge < -0.3 is 14.6 Å². The van der Waals surface area contributed by atoms with Crippen molar-refractivity contribution in [3.8, 4) is 11.5 Å². The van der Waals surface area contributed by atoms with Crippen molar-refractivity contribution in [3.05, 3.63) is 46.2 Å². The van der Waals surface area contributed by atoms with E-state index in [1.165, 1.54) is 25.6 Å². The predicted octanol–water partition coefficient (Wildman–Crippen LogP) is 3.39. The molecule has 0 aliphatic rings. The molecule has 2 aromatic rings. The van der Waals surface area contributed by atoms with Crippen molar-refractivity contribution in [1.82, 2.24) is 0 Å². The molecular weight excluding hydrogens is 276 g/mol. The molecule has 1 N–H and O–H groups in total. The van der Waals surface area contributed by atoms with Gasteiger partial charge in [0.2, 0.25) is 0 Å². The first-order valence-corrected chi connectivity index (χ1v) is 6.74. The number of rotatable bonds is 5. The third kappa shape index (κ3) is 3.00. The number of ether oxygens (including phenoxy) is 2. The summed E-state index contributed by atoms with van der Waals surface area (Å²) in [5.41, 5.74) is 0.789.